The van der Waals surface area contributed by atoms with Crippen LogP contribution in [-0.4, -0.2) is 58.8 Å². The van der Waals surface area contributed by atoms with Gasteiger partial charge in [0.2, 0.25) is 5.91 Å². The predicted octanol–water partition coefficient (Wildman–Crippen LogP) is 1.81. The van der Waals surface area contributed by atoms with E-state index < -0.39 is 16.6 Å². The van der Waals surface area contributed by atoms with E-state index in [4.69, 9.17) is 0 Å². The Morgan fingerprint density at radius 2 is 1.78 bits per heavy atom. The van der Waals surface area contributed by atoms with Gasteiger partial charge in [-0.25, -0.2) is 0 Å². The van der Waals surface area contributed by atoms with Crippen molar-refractivity contribution in [3.8, 4) is 0 Å². The van der Waals surface area contributed by atoms with Gasteiger partial charge in [-0.1, -0.05) is 11.3 Å². The summed E-state index contributed by atoms with van der Waals surface area (Å²) in [4.78, 5) is 38.9. The van der Waals surface area contributed by atoms with E-state index in [1.165, 1.54) is 13.0 Å². The van der Waals surface area contributed by atoms with Gasteiger partial charge in [0, 0.05) is 26.2 Å². The topological polar surface area (TPSA) is 62.6 Å². The maximum Gasteiger partial charge on any atom is 0.416 e. The fraction of sp³-hybridized carbons (Fsp3) is 0.471. The zero-order valence-electron chi connectivity index (χ0n) is 14.6. The van der Waals surface area contributed by atoms with Crippen LogP contribution in [-0.2, 0) is 22.3 Å². The van der Waals surface area contributed by atoms with Crippen molar-refractivity contribution < 1.29 is 22.8 Å². The molecule has 0 N–H and O–H groups in total. The average molecular weight is 401 g/mol. The molecule has 1 saturated heterocycles. The monoisotopic (exact) mass is 401 g/mol. The number of carbonyl (C=O) groups excluding carboxylic acids is 2. The minimum absolute atomic E-state index is 0.0477. The van der Waals surface area contributed by atoms with Crippen molar-refractivity contribution in [2.45, 2.75) is 19.6 Å². The van der Waals surface area contributed by atoms with Crippen LogP contribution in [0, 0.1) is 0 Å². The number of amides is 1. The Bertz CT molecular complexity index is 927. The van der Waals surface area contributed by atoms with Crippen LogP contribution in [0.1, 0.15) is 12.5 Å². The number of halogens is 3. The number of hydrogen-bond acceptors (Lipinski definition) is 5. The SMILES string of the molecule is CC(=O)CN1CCN(C(=O)Cn2c(=O)sc3ccc(C(F)(F)F)cc32)CC1. The van der Waals surface area contributed by atoms with Crippen LogP contribution in [0.25, 0.3) is 10.2 Å². The molecule has 0 atom stereocenters. The van der Waals surface area contributed by atoms with Crippen LogP contribution < -0.4 is 4.87 Å². The minimum atomic E-state index is -4.52. The summed E-state index contributed by atoms with van der Waals surface area (Å²) in [6.07, 6.45) is -4.52. The van der Waals surface area contributed by atoms with E-state index >= 15 is 0 Å². The minimum Gasteiger partial charge on any atom is -0.339 e. The zero-order valence-corrected chi connectivity index (χ0v) is 15.4. The number of piperazine rings is 1. The number of rotatable bonds is 4. The molecule has 3 rings (SSSR count). The number of fused-ring (bicyclic) bond motifs is 1. The Hall–Kier alpha value is -2.20. The van der Waals surface area contributed by atoms with Gasteiger partial charge in [0.05, 0.1) is 22.3 Å². The molecule has 1 amide bonds. The number of thiazole rings is 1. The fourth-order valence-corrected chi connectivity index (χ4v) is 3.96. The summed E-state index contributed by atoms with van der Waals surface area (Å²) in [5, 5.41) is 0. The Kier molecular flexibility index (Phi) is 5.38. The van der Waals surface area contributed by atoms with Gasteiger partial charge in [-0.15, -0.1) is 0 Å². The molecular formula is C17H18F3N3O3S. The number of carbonyl (C=O) groups is 2. The first-order valence-corrected chi connectivity index (χ1v) is 9.17. The van der Waals surface area contributed by atoms with Crippen molar-refractivity contribution in [3.63, 3.8) is 0 Å². The predicted molar refractivity (Wildman–Crippen MR) is 94.8 cm³/mol. The lowest BCUT2D eigenvalue weighted by molar-refractivity contribution is -0.137. The second-order valence-corrected chi connectivity index (χ2v) is 7.49. The molecule has 10 heteroatoms. The molecule has 0 spiro atoms. The molecule has 0 saturated carbocycles. The van der Waals surface area contributed by atoms with Crippen LogP contribution in [0.2, 0.25) is 0 Å². The third-order valence-corrected chi connectivity index (χ3v) is 5.42. The van der Waals surface area contributed by atoms with Crippen molar-refractivity contribution in [3.05, 3.63) is 33.4 Å². The first-order chi connectivity index (χ1) is 12.6. The van der Waals surface area contributed by atoms with Crippen LogP contribution in [0.5, 0.6) is 0 Å². The number of hydrogen-bond donors (Lipinski definition) is 0. The molecule has 27 heavy (non-hydrogen) atoms. The van der Waals surface area contributed by atoms with E-state index in [1.54, 1.807) is 4.90 Å². The van der Waals surface area contributed by atoms with E-state index in [9.17, 15) is 27.6 Å². The molecule has 1 aromatic heterocycles. The second-order valence-electron chi connectivity index (χ2n) is 6.49. The van der Waals surface area contributed by atoms with Gasteiger partial charge < -0.3 is 4.90 Å². The van der Waals surface area contributed by atoms with Crippen molar-refractivity contribution in [2.75, 3.05) is 32.7 Å². The van der Waals surface area contributed by atoms with E-state index in [1.807, 2.05) is 4.90 Å². The Morgan fingerprint density at radius 1 is 1.11 bits per heavy atom. The molecule has 1 aromatic carbocycles. The molecule has 0 aliphatic carbocycles. The lowest BCUT2D eigenvalue weighted by Gasteiger charge is -2.34. The molecule has 2 aromatic rings. The van der Waals surface area contributed by atoms with Crippen molar-refractivity contribution in [1.29, 1.82) is 0 Å². The smallest absolute Gasteiger partial charge is 0.339 e. The van der Waals surface area contributed by atoms with Crippen molar-refractivity contribution in [2.24, 2.45) is 0 Å². The summed E-state index contributed by atoms with van der Waals surface area (Å²) in [6, 6.07) is 3.09. The van der Waals surface area contributed by atoms with Gasteiger partial charge in [0.25, 0.3) is 0 Å². The molecule has 0 bridgehead atoms. The van der Waals surface area contributed by atoms with E-state index in [0.717, 1.165) is 28.0 Å². The lowest BCUT2D eigenvalue weighted by atomic mass is 10.2. The van der Waals surface area contributed by atoms with Gasteiger partial charge in [-0.3, -0.25) is 23.9 Å². The van der Waals surface area contributed by atoms with Gasteiger partial charge >= 0.3 is 11.0 Å². The summed E-state index contributed by atoms with van der Waals surface area (Å²) < 4.78 is 40.3. The summed E-state index contributed by atoms with van der Waals surface area (Å²) in [7, 11) is 0. The summed E-state index contributed by atoms with van der Waals surface area (Å²) >= 11 is 0.818. The van der Waals surface area contributed by atoms with Gasteiger partial charge in [0.1, 0.15) is 12.3 Å². The summed E-state index contributed by atoms with van der Waals surface area (Å²) in [5.41, 5.74) is -0.741. The molecule has 146 valence electrons. The van der Waals surface area contributed by atoms with Gasteiger partial charge in [-0.2, -0.15) is 13.2 Å². The number of aromatic nitrogens is 1. The van der Waals surface area contributed by atoms with Crippen LogP contribution in [0.3, 0.4) is 0 Å². The van der Waals surface area contributed by atoms with Crippen molar-refractivity contribution >= 4 is 33.2 Å². The molecule has 0 radical (unpaired) electrons. The quantitative estimate of drug-likeness (QED) is 0.784. The summed E-state index contributed by atoms with van der Waals surface area (Å²) in [6.45, 7) is 3.45. The molecule has 6 nitrogen and oxygen atoms in total. The third kappa shape index (κ3) is 4.38. The van der Waals surface area contributed by atoms with Crippen LogP contribution in [0.4, 0.5) is 13.2 Å². The van der Waals surface area contributed by atoms with Gasteiger partial charge in [0.15, 0.2) is 0 Å². The molecule has 0 unspecified atom stereocenters. The first kappa shape index (κ1) is 19.6. The van der Waals surface area contributed by atoms with E-state index in [0.29, 0.717) is 37.4 Å². The maximum atomic E-state index is 12.9. The number of nitrogens with zero attached hydrogens (tertiary/aromatic N) is 3. The Morgan fingerprint density at radius 3 is 2.37 bits per heavy atom. The maximum absolute atomic E-state index is 12.9. The standard InChI is InChI=1S/C17H18F3N3O3S/c1-11(24)9-21-4-6-22(7-5-21)15(25)10-23-13-8-12(17(18,19)20)2-3-14(13)27-16(23)26/h2-3,8H,4-7,9-10H2,1H3. The fourth-order valence-electron chi connectivity index (χ4n) is 3.09. The largest absolute Gasteiger partial charge is 0.416 e. The van der Waals surface area contributed by atoms with Crippen molar-refractivity contribution in [1.82, 2.24) is 14.4 Å². The molecule has 1 aliphatic rings. The zero-order chi connectivity index (χ0) is 19.8. The highest BCUT2D eigenvalue weighted by Gasteiger charge is 2.31. The normalized spacial score (nSPS) is 16.1. The number of Topliss-reactive ketones (excluding diaryl/α,β-unsaturated/α-hetero) is 1. The van der Waals surface area contributed by atoms with Gasteiger partial charge in [-0.05, 0) is 25.1 Å². The van der Waals surface area contributed by atoms with Crippen LogP contribution in [0.15, 0.2) is 23.0 Å². The number of ketones is 1. The molecule has 2 heterocycles. The number of alkyl halides is 3. The Balaban J connectivity index is 1.76. The highest BCUT2D eigenvalue weighted by atomic mass is 32.1. The average Bonchev–Trinajstić information content (AvgIpc) is 2.89. The Labute approximate surface area is 156 Å². The van der Waals surface area contributed by atoms with E-state index in [-0.39, 0.29) is 23.8 Å². The highest BCUT2D eigenvalue weighted by Crippen LogP contribution is 2.32. The number of benzene rings is 1. The first-order valence-electron chi connectivity index (χ1n) is 8.35. The molecule has 1 fully saturated rings. The van der Waals surface area contributed by atoms with E-state index in [2.05, 4.69) is 0 Å². The third-order valence-electron chi connectivity index (χ3n) is 4.46. The lowest BCUT2D eigenvalue weighted by Crippen LogP contribution is -2.50. The summed E-state index contributed by atoms with van der Waals surface area (Å²) in [5.74, 6) is -0.275. The highest BCUT2D eigenvalue weighted by molar-refractivity contribution is 7.16. The second kappa shape index (κ2) is 7.43. The molecular weight excluding hydrogens is 383 g/mol. The van der Waals surface area contributed by atoms with Crippen LogP contribution >= 0.6 is 11.3 Å². The molecule has 1 aliphatic heterocycles.